The van der Waals surface area contributed by atoms with Gasteiger partial charge in [-0.3, -0.25) is 19.3 Å². The van der Waals surface area contributed by atoms with Crippen LogP contribution in [-0.4, -0.2) is 17.8 Å². The number of fused-ring (bicyclic) bond motifs is 5. The van der Waals surface area contributed by atoms with E-state index in [4.69, 9.17) is 4.74 Å². The number of esters is 1. The van der Waals surface area contributed by atoms with Crippen LogP contribution in [-0.2, 0) is 14.4 Å². The minimum atomic E-state index is -0.316. The summed E-state index contributed by atoms with van der Waals surface area (Å²) in [7, 11) is 0. The second-order valence-corrected chi connectivity index (χ2v) is 6.33. The van der Waals surface area contributed by atoms with Crippen LogP contribution in [0.2, 0.25) is 0 Å². The molecule has 0 aromatic heterocycles. The zero-order valence-corrected chi connectivity index (χ0v) is 12.8. The van der Waals surface area contributed by atoms with Gasteiger partial charge in [0, 0.05) is 6.42 Å². The molecule has 0 N–H and O–H groups in total. The van der Waals surface area contributed by atoms with Crippen molar-refractivity contribution in [2.24, 2.45) is 23.7 Å². The van der Waals surface area contributed by atoms with Gasteiger partial charge in [-0.1, -0.05) is 19.1 Å². The minimum Gasteiger partial charge on any atom is -0.427 e. The highest BCUT2D eigenvalue weighted by atomic mass is 16.5. The molecule has 23 heavy (non-hydrogen) atoms. The van der Waals surface area contributed by atoms with Crippen LogP contribution in [0.25, 0.3) is 0 Å². The largest absolute Gasteiger partial charge is 0.427 e. The number of hydrogen-bond donors (Lipinski definition) is 0. The fourth-order valence-electron chi connectivity index (χ4n) is 4.02. The fourth-order valence-corrected chi connectivity index (χ4v) is 4.02. The molecule has 2 bridgehead atoms. The van der Waals surface area contributed by atoms with Gasteiger partial charge in [0.15, 0.2) is 0 Å². The summed E-state index contributed by atoms with van der Waals surface area (Å²) >= 11 is 0. The van der Waals surface area contributed by atoms with E-state index in [0.717, 1.165) is 6.42 Å². The van der Waals surface area contributed by atoms with Crippen molar-refractivity contribution in [3.63, 3.8) is 0 Å². The Morgan fingerprint density at radius 3 is 2.17 bits per heavy atom. The maximum Gasteiger partial charge on any atom is 0.310 e. The molecule has 0 radical (unpaired) electrons. The first-order valence-corrected chi connectivity index (χ1v) is 7.97. The molecule has 5 heteroatoms. The van der Waals surface area contributed by atoms with E-state index in [1.807, 2.05) is 0 Å². The number of rotatable bonds is 3. The predicted molar refractivity (Wildman–Crippen MR) is 82.6 cm³/mol. The Morgan fingerprint density at radius 2 is 1.65 bits per heavy atom. The van der Waals surface area contributed by atoms with E-state index in [-0.39, 0.29) is 41.5 Å². The zero-order chi connectivity index (χ0) is 16.1. The Balaban J connectivity index is 1.58. The molecule has 4 rings (SSSR count). The summed E-state index contributed by atoms with van der Waals surface area (Å²) in [5, 5.41) is 0. The third kappa shape index (κ3) is 2.03. The predicted octanol–water partition coefficient (Wildman–Crippen LogP) is 2.31. The maximum atomic E-state index is 12.7. The lowest BCUT2D eigenvalue weighted by Crippen LogP contribution is -2.32. The Bertz CT molecular complexity index is 691. The summed E-state index contributed by atoms with van der Waals surface area (Å²) in [5.41, 5.74) is 0.546. The summed E-state index contributed by atoms with van der Waals surface area (Å²) in [6, 6.07) is 6.55. The number of carbonyl (C=O) groups excluding carboxylic acids is 3. The molecule has 1 aliphatic heterocycles. The molecule has 5 nitrogen and oxygen atoms in total. The lowest BCUT2D eigenvalue weighted by Gasteiger charge is -2.17. The average Bonchev–Trinajstić information content (AvgIpc) is 3.23. The molecule has 4 atom stereocenters. The zero-order valence-electron chi connectivity index (χ0n) is 12.8. The Morgan fingerprint density at radius 1 is 1.09 bits per heavy atom. The number of amides is 2. The van der Waals surface area contributed by atoms with Gasteiger partial charge in [-0.2, -0.15) is 0 Å². The van der Waals surface area contributed by atoms with Crippen LogP contribution < -0.4 is 9.64 Å². The van der Waals surface area contributed by atoms with Crippen LogP contribution in [0.1, 0.15) is 19.8 Å². The first-order chi connectivity index (χ1) is 11.1. The van der Waals surface area contributed by atoms with Gasteiger partial charge >= 0.3 is 5.97 Å². The molecule has 0 spiro atoms. The Hall–Kier alpha value is -2.43. The lowest BCUT2D eigenvalue weighted by atomic mass is 9.85. The van der Waals surface area contributed by atoms with Crippen molar-refractivity contribution >= 4 is 23.5 Å². The Labute approximate surface area is 133 Å². The molecule has 2 amide bonds. The highest BCUT2D eigenvalue weighted by Gasteiger charge is 2.59. The first-order valence-electron chi connectivity index (χ1n) is 7.97. The van der Waals surface area contributed by atoms with E-state index in [1.165, 1.54) is 4.90 Å². The van der Waals surface area contributed by atoms with Crippen LogP contribution in [0.15, 0.2) is 36.4 Å². The van der Waals surface area contributed by atoms with Gasteiger partial charge in [0.25, 0.3) is 0 Å². The molecule has 0 unspecified atom stereocenters. The fraction of sp³-hybridized carbons (Fsp3) is 0.389. The molecule has 1 saturated heterocycles. The number of nitrogens with zero attached hydrogens (tertiary/aromatic N) is 1. The smallest absolute Gasteiger partial charge is 0.310 e. The van der Waals surface area contributed by atoms with Gasteiger partial charge in [-0.05, 0) is 42.5 Å². The molecule has 118 valence electrons. The third-order valence-corrected chi connectivity index (χ3v) is 5.09. The van der Waals surface area contributed by atoms with Crippen molar-refractivity contribution < 1.29 is 19.1 Å². The van der Waals surface area contributed by atoms with E-state index in [0.29, 0.717) is 17.9 Å². The van der Waals surface area contributed by atoms with E-state index < -0.39 is 0 Å². The molecule has 1 aromatic rings. The average molecular weight is 311 g/mol. The topological polar surface area (TPSA) is 63.7 Å². The summed E-state index contributed by atoms with van der Waals surface area (Å²) in [6.45, 7) is 1.72. The second-order valence-electron chi connectivity index (χ2n) is 6.33. The number of ether oxygens (including phenoxy) is 1. The van der Waals surface area contributed by atoms with Gasteiger partial charge in [-0.15, -0.1) is 0 Å². The number of benzene rings is 1. The minimum absolute atomic E-state index is 0.102. The van der Waals surface area contributed by atoms with Crippen molar-refractivity contribution in [3.05, 3.63) is 36.4 Å². The first kappa shape index (κ1) is 14.2. The number of imide groups is 1. The van der Waals surface area contributed by atoms with Crippen LogP contribution in [0.3, 0.4) is 0 Å². The molecule has 1 heterocycles. The monoisotopic (exact) mass is 311 g/mol. The molecule has 2 fully saturated rings. The molecular formula is C18H17NO4. The van der Waals surface area contributed by atoms with Gasteiger partial charge in [-0.25, -0.2) is 0 Å². The standard InChI is InChI=1S/C18H17NO4/c1-2-14(20)23-13-7-5-12(6-8-13)19-17(21)15-10-3-4-11(9-10)16(15)18(19)22/h3-8,10-11,15-16H,2,9H2,1H3/t10-,11-,15-,16+/m0/s1. The number of carbonyl (C=O) groups is 3. The van der Waals surface area contributed by atoms with Crippen molar-refractivity contribution in [2.75, 3.05) is 4.90 Å². The van der Waals surface area contributed by atoms with Crippen molar-refractivity contribution in [3.8, 4) is 5.75 Å². The molecule has 1 aromatic carbocycles. The van der Waals surface area contributed by atoms with Gasteiger partial charge in [0.05, 0.1) is 17.5 Å². The molecule has 2 aliphatic carbocycles. The summed E-state index contributed by atoms with van der Waals surface area (Å²) in [6.07, 6.45) is 5.37. The van der Waals surface area contributed by atoms with Crippen LogP contribution in [0.5, 0.6) is 5.75 Å². The second kappa shape index (κ2) is 5.05. The van der Waals surface area contributed by atoms with Crippen LogP contribution in [0.4, 0.5) is 5.69 Å². The van der Waals surface area contributed by atoms with Crippen LogP contribution >= 0.6 is 0 Å². The van der Waals surface area contributed by atoms with E-state index in [1.54, 1.807) is 31.2 Å². The summed E-state index contributed by atoms with van der Waals surface area (Å²) < 4.78 is 5.12. The maximum absolute atomic E-state index is 12.7. The van der Waals surface area contributed by atoms with Crippen molar-refractivity contribution in [1.29, 1.82) is 0 Å². The Kier molecular flexibility index (Phi) is 3.11. The lowest BCUT2D eigenvalue weighted by molar-refractivity contribution is -0.134. The molecular weight excluding hydrogens is 294 g/mol. The van der Waals surface area contributed by atoms with Crippen LogP contribution in [0, 0.1) is 23.7 Å². The summed E-state index contributed by atoms with van der Waals surface area (Å²) in [4.78, 5) is 38.0. The van der Waals surface area contributed by atoms with E-state index in [2.05, 4.69) is 12.2 Å². The van der Waals surface area contributed by atoms with E-state index in [9.17, 15) is 14.4 Å². The van der Waals surface area contributed by atoms with E-state index >= 15 is 0 Å². The van der Waals surface area contributed by atoms with Crippen molar-refractivity contribution in [2.45, 2.75) is 19.8 Å². The normalized spacial score (nSPS) is 30.9. The molecule has 1 saturated carbocycles. The van der Waals surface area contributed by atoms with Gasteiger partial charge in [0.2, 0.25) is 11.8 Å². The number of anilines is 1. The SMILES string of the molecule is CCC(=O)Oc1ccc(N2C(=O)[C@@H]3[C@H](C2=O)[C@H]2C=C[C@H]3C2)cc1. The summed E-state index contributed by atoms with van der Waals surface area (Å²) in [5.74, 6) is -0.0900. The molecule has 3 aliphatic rings. The highest BCUT2D eigenvalue weighted by Crippen LogP contribution is 2.53. The number of allylic oxidation sites excluding steroid dienone is 2. The third-order valence-electron chi connectivity index (χ3n) is 5.09. The van der Waals surface area contributed by atoms with Gasteiger partial charge in [0.1, 0.15) is 5.75 Å². The number of hydrogen-bond acceptors (Lipinski definition) is 4. The van der Waals surface area contributed by atoms with Crippen molar-refractivity contribution in [1.82, 2.24) is 0 Å². The highest BCUT2D eigenvalue weighted by molar-refractivity contribution is 6.22. The quantitative estimate of drug-likeness (QED) is 0.372. The van der Waals surface area contributed by atoms with Gasteiger partial charge < -0.3 is 4.74 Å².